The number of ether oxygens (including phenoxy) is 1. The van der Waals surface area contributed by atoms with E-state index in [-0.39, 0.29) is 23.7 Å². The van der Waals surface area contributed by atoms with Gasteiger partial charge in [-0.2, -0.15) is 0 Å². The minimum Gasteiger partial charge on any atom is -0.464 e. The number of hydroxylamine groups is 2. The Morgan fingerprint density at radius 2 is 2.32 bits per heavy atom. The monoisotopic (exact) mass is 327 g/mol. The van der Waals surface area contributed by atoms with Gasteiger partial charge < -0.3 is 9.16 Å². The lowest BCUT2D eigenvalue weighted by Crippen LogP contribution is -2.54. The zero-order valence-corrected chi connectivity index (χ0v) is 14.5. The van der Waals surface area contributed by atoms with Gasteiger partial charge in [0.2, 0.25) is 5.54 Å². The summed E-state index contributed by atoms with van der Waals surface area (Å²) >= 11 is 0. The first kappa shape index (κ1) is 16.1. The second kappa shape index (κ2) is 5.72. The molecule has 6 nitrogen and oxygen atoms in total. The molecule has 0 spiro atoms. The zero-order chi connectivity index (χ0) is 16.0. The molecule has 0 aromatic carbocycles. The topological polar surface area (TPSA) is 57.2 Å². The number of nitrogens with zero attached hydrogens (tertiary/aromatic N) is 1. The van der Waals surface area contributed by atoms with Crippen molar-refractivity contribution in [3.63, 3.8) is 0 Å². The number of carbonyl (C=O) groups excluding carboxylic acids is 1. The summed E-state index contributed by atoms with van der Waals surface area (Å²) in [4.78, 5) is 24.4. The molecule has 0 radical (unpaired) electrons. The lowest BCUT2D eigenvalue weighted by molar-refractivity contribution is -0.355. The Morgan fingerprint density at radius 1 is 1.55 bits per heavy atom. The number of hydrogen-bond acceptors (Lipinski definition) is 6. The molecule has 3 saturated heterocycles. The fourth-order valence-corrected chi connectivity index (χ4v) is 7.01. The molecule has 3 heterocycles. The predicted octanol–water partition coefficient (Wildman–Crippen LogP) is 2.18. The molecule has 0 bridgehead atoms. The van der Waals surface area contributed by atoms with Crippen molar-refractivity contribution in [3.05, 3.63) is 12.7 Å². The Hall–Kier alpha value is -0.733. The van der Waals surface area contributed by atoms with Crippen LogP contribution in [0.5, 0.6) is 0 Å². The van der Waals surface area contributed by atoms with Crippen LogP contribution in [0.3, 0.4) is 0 Å². The molecule has 0 aliphatic carbocycles. The van der Waals surface area contributed by atoms with Crippen molar-refractivity contribution in [2.45, 2.75) is 62.6 Å². The lowest BCUT2D eigenvalue weighted by atomic mass is 9.86. The Kier molecular flexibility index (Phi) is 4.20. The first-order chi connectivity index (χ1) is 10.5. The van der Waals surface area contributed by atoms with Crippen molar-refractivity contribution in [2.24, 2.45) is 0 Å². The Morgan fingerprint density at radius 3 is 3.00 bits per heavy atom. The SMILES string of the molecule is C=CCCC[C@@H]1ON2OC[C@H]3[C@]2(C(=O)OCC)[C@@H]1O[Si]3(C)C. The fraction of sp³-hybridized carbons (Fsp3) is 0.800. The summed E-state index contributed by atoms with van der Waals surface area (Å²) in [7, 11) is -2.04. The molecule has 22 heavy (non-hydrogen) atoms. The minimum absolute atomic E-state index is 0.0356. The average Bonchev–Trinajstić information content (AvgIpc) is 3.04. The highest BCUT2D eigenvalue weighted by atomic mass is 28.4. The van der Waals surface area contributed by atoms with E-state index in [1.54, 1.807) is 0 Å². The number of allylic oxidation sites excluding steroid dienone is 1. The molecule has 3 rings (SSSR count). The van der Waals surface area contributed by atoms with Crippen LogP contribution in [0.4, 0.5) is 0 Å². The molecule has 0 aromatic rings. The first-order valence-electron chi connectivity index (χ1n) is 8.04. The molecule has 0 amide bonds. The highest BCUT2D eigenvalue weighted by Gasteiger charge is 2.78. The third-order valence-corrected chi connectivity index (χ3v) is 8.11. The summed E-state index contributed by atoms with van der Waals surface area (Å²) in [6.07, 6.45) is 4.11. The van der Waals surface area contributed by atoms with Crippen molar-refractivity contribution in [1.82, 2.24) is 5.23 Å². The minimum atomic E-state index is -2.04. The molecule has 4 atom stereocenters. The molecule has 0 unspecified atom stereocenters. The molecule has 3 fully saturated rings. The highest BCUT2D eigenvalue weighted by molar-refractivity contribution is 6.74. The van der Waals surface area contributed by atoms with Gasteiger partial charge in [-0.15, -0.1) is 6.58 Å². The molecular formula is C15H25NO5Si. The van der Waals surface area contributed by atoms with Gasteiger partial charge in [0.05, 0.1) is 13.2 Å². The smallest absolute Gasteiger partial charge is 0.334 e. The maximum absolute atomic E-state index is 12.8. The number of hydrogen-bond donors (Lipinski definition) is 0. The van der Waals surface area contributed by atoms with E-state index in [0.29, 0.717) is 13.2 Å². The van der Waals surface area contributed by atoms with Crippen LogP contribution in [-0.2, 0) is 23.6 Å². The van der Waals surface area contributed by atoms with Gasteiger partial charge in [-0.1, -0.05) is 6.08 Å². The van der Waals surface area contributed by atoms with E-state index in [1.165, 1.54) is 5.23 Å². The molecule has 7 heteroatoms. The van der Waals surface area contributed by atoms with Crippen LogP contribution >= 0.6 is 0 Å². The average molecular weight is 327 g/mol. The fourth-order valence-electron chi connectivity index (χ4n) is 3.94. The molecule has 0 saturated carbocycles. The number of carbonyl (C=O) groups is 1. The summed E-state index contributed by atoms with van der Waals surface area (Å²) in [5.41, 5.74) is -0.877. The van der Waals surface area contributed by atoms with Gasteiger partial charge in [0.15, 0.2) is 8.32 Å². The highest BCUT2D eigenvalue weighted by Crippen LogP contribution is 2.58. The Labute approximate surface area is 132 Å². The standard InChI is InChI=1S/C15H25NO5Si/c1-5-7-8-9-11-13-15(14(17)18-6-2)12(22(3,4)21-13)10-19-16(15)20-11/h5,11-13H,1,6-10H2,2-4H3/t11-,12-,13+,15+/m0/s1. The van der Waals surface area contributed by atoms with Gasteiger partial charge in [0, 0.05) is 5.54 Å². The van der Waals surface area contributed by atoms with Gasteiger partial charge in [-0.3, -0.25) is 9.68 Å². The van der Waals surface area contributed by atoms with Crippen LogP contribution in [0.15, 0.2) is 12.7 Å². The molecule has 3 aliphatic heterocycles. The van der Waals surface area contributed by atoms with Gasteiger partial charge in [0.1, 0.15) is 12.2 Å². The van der Waals surface area contributed by atoms with E-state index in [2.05, 4.69) is 19.7 Å². The van der Waals surface area contributed by atoms with E-state index < -0.39 is 13.9 Å². The maximum Gasteiger partial charge on any atom is 0.334 e. The van der Waals surface area contributed by atoms with E-state index in [4.69, 9.17) is 18.8 Å². The normalized spacial score (nSPS) is 39.0. The van der Waals surface area contributed by atoms with E-state index in [1.807, 2.05) is 13.0 Å². The van der Waals surface area contributed by atoms with Crippen LogP contribution in [0, 0.1) is 0 Å². The maximum atomic E-state index is 12.8. The van der Waals surface area contributed by atoms with E-state index in [0.717, 1.165) is 19.3 Å². The van der Waals surface area contributed by atoms with Gasteiger partial charge in [-0.05, 0) is 44.5 Å². The van der Waals surface area contributed by atoms with Crippen molar-refractivity contribution in [1.29, 1.82) is 0 Å². The third kappa shape index (κ3) is 2.10. The second-order valence-corrected chi connectivity index (χ2v) is 10.8. The van der Waals surface area contributed by atoms with E-state index >= 15 is 0 Å². The van der Waals surface area contributed by atoms with Crippen LogP contribution < -0.4 is 0 Å². The second-order valence-electron chi connectivity index (χ2n) is 6.66. The molecule has 0 aromatic heterocycles. The summed E-state index contributed by atoms with van der Waals surface area (Å²) in [5, 5.41) is 1.40. The van der Waals surface area contributed by atoms with Crippen LogP contribution in [0.1, 0.15) is 26.2 Å². The van der Waals surface area contributed by atoms with Crippen molar-refractivity contribution in [2.75, 3.05) is 13.2 Å². The summed E-state index contributed by atoms with van der Waals surface area (Å²) in [5.74, 6) is -0.271. The van der Waals surface area contributed by atoms with E-state index in [9.17, 15) is 4.79 Å². The third-order valence-electron chi connectivity index (χ3n) is 4.96. The molecular weight excluding hydrogens is 302 g/mol. The van der Waals surface area contributed by atoms with Crippen LogP contribution in [0.2, 0.25) is 18.6 Å². The summed E-state index contributed by atoms with van der Waals surface area (Å²) in [6.45, 7) is 10.7. The molecule has 3 aliphatic rings. The van der Waals surface area contributed by atoms with Gasteiger partial charge >= 0.3 is 5.97 Å². The quantitative estimate of drug-likeness (QED) is 0.323. The number of esters is 1. The van der Waals surface area contributed by atoms with Gasteiger partial charge in [0.25, 0.3) is 0 Å². The lowest BCUT2D eigenvalue weighted by Gasteiger charge is -2.28. The Balaban J connectivity index is 1.90. The van der Waals surface area contributed by atoms with Crippen molar-refractivity contribution in [3.8, 4) is 0 Å². The molecule has 124 valence electrons. The largest absolute Gasteiger partial charge is 0.464 e. The summed E-state index contributed by atoms with van der Waals surface area (Å²) < 4.78 is 11.8. The number of rotatable bonds is 6. The van der Waals surface area contributed by atoms with Crippen LogP contribution in [-0.4, -0.2) is 50.5 Å². The zero-order valence-electron chi connectivity index (χ0n) is 13.5. The van der Waals surface area contributed by atoms with Crippen molar-refractivity contribution >= 4 is 14.3 Å². The summed E-state index contributed by atoms with van der Waals surface area (Å²) in [6, 6.07) is 0. The Bertz CT molecular complexity index is 471. The van der Waals surface area contributed by atoms with Crippen LogP contribution in [0.25, 0.3) is 0 Å². The first-order valence-corrected chi connectivity index (χ1v) is 11.0. The number of unbranched alkanes of at least 4 members (excludes halogenated alkanes) is 1. The molecule has 0 N–H and O–H groups in total. The predicted molar refractivity (Wildman–Crippen MR) is 82.2 cm³/mol. The van der Waals surface area contributed by atoms with Crippen molar-refractivity contribution < 1.29 is 23.6 Å². The van der Waals surface area contributed by atoms with Gasteiger partial charge in [-0.25, -0.2) is 4.79 Å².